The lowest BCUT2D eigenvalue weighted by molar-refractivity contribution is 0.192. The standard InChI is InChI=1S/C15H28N6/c1-5-12(4)20-6-8-21(9-7-20)14-10-13(19-16)17-15(18-14)11(2)3/h10-12H,5-9,16H2,1-4H3,(H,17,18,19). The maximum Gasteiger partial charge on any atom is 0.145 e. The molecule has 0 aromatic carbocycles. The number of nitrogens with one attached hydrogen (secondary N) is 1. The Bertz CT molecular complexity index is 453. The van der Waals surface area contributed by atoms with E-state index in [2.05, 4.69) is 47.9 Å². The molecule has 1 aromatic heterocycles. The van der Waals surface area contributed by atoms with Crippen LogP contribution in [0.5, 0.6) is 0 Å². The number of piperazine rings is 1. The first-order valence-corrected chi connectivity index (χ1v) is 7.89. The van der Waals surface area contributed by atoms with Crippen LogP contribution in [0.15, 0.2) is 6.07 Å². The Kier molecular flexibility index (Phi) is 5.36. The number of aromatic nitrogens is 2. The van der Waals surface area contributed by atoms with Gasteiger partial charge in [-0.1, -0.05) is 20.8 Å². The Morgan fingerprint density at radius 2 is 1.86 bits per heavy atom. The van der Waals surface area contributed by atoms with E-state index < -0.39 is 0 Å². The normalized spacial score (nSPS) is 18.1. The Hall–Kier alpha value is -1.40. The minimum atomic E-state index is 0.290. The second-order valence-electron chi connectivity index (χ2n) is 6.05. The van der Waals surface area contributed by atoms with E-state index >= 15 is 0 Å². The van der Waals surface area contributed by atoms with E-state index in [4.69, 9.17) is 10.8 Å². The molecule has 0 radical (unpaired) electrons. The van der Waals surface area contributed by atoms with Crippen molar-refractivity contribution in [2.75, 3.05) is 36.5 Å². The molecule has 1 saturated heterocycles. The highest BCUT2D eigenvalue weighted by atomic mass is 15.3. The molecule has 1 aliphatic heterocycles. The summed E-state index contributed by atoms with van der Waals surface area (Å²) in [5, 5.41) is 0. The summed E-state index contributed by atoms with van der Waals surface area (Å²) in [5.41, 5.74) is 2.65. The summed E-state index contributed by atoms with van der Waals surface area (Å²) in [5.74, 6) is 8.32. The summed E-state index contributed by atoms with van der Waals surface area (Å²) >= 11 is 0. The fourth-order valence-corrected chi connectivity index (χ4v) is 2.60. The minimum Gasteiger partial charge on any atom is -0.354 e. The van der Waals surface area contributed by atoms with Gasteiger partial charge in [-0.25, -0.2) is 15.8 Å². The van der Waals surface area contributed by atoms with Crippen molar-refractivity contribution in [3.05, 3.63) is 11.9 Å². The summed E-state index contributed by atoms with van der Waals surface area (Å²) in [6.45, 7) is 12.9. The van der Waals surface area contributed by atoms with Crippen molar-refractivity contribution < 1.29 is 0 Å². The number of hydrogen-bond acceptors (Lipinski definition) is 6. The zero-order valence-electron chi connectivity index (χ0n) is 13.6. The zero-order chi connectivity index (χ0) is 15.4. The van der Waals surface area contributed by atoms with Crippen LogP contribution >= 0.6 is 0 Å². The predicted molar refractivity (Wildman–Crippen MR) is 87.5 cm³/mol. The van der Waals surface area contributed by atoms with Crippen LogP contribution in [0.2, 0.25) is 0 Å². The monoisotopic (exact) mass is 292 g/mol. The number of nitrogens with zero attached hydrogens (tertiary/aromatic N) is 4. The third-order valence-corrected chi connectivity index (χ3v) is 4.25. The number of nitrogen functional groups attached to an aromatic ring is 1. The molecule has 3 N–H and O–H groups in total. The van der Waals surface area contributed by atoms with E-state index in [-0.39, 0.29) is 0 Å². The lowest BCUT2D eigenvalue weighted by Gasteiger charge is -2.38. The topological polar surface area (TPSA) is 70.3 Å². The van der Waals surface area contributed by atoms with Gasteiger partial charge in [0.1, 0.15) is 17.5 Å². The number of anilines is 2. The van der Waals surface area contributed by atoms with E-state index in [1.165, 1.54) is 6.42 Å². The van der Waals surface area contributed by atoms with E-state index in [1.807, 2.05) is 6.07 Å². The van der Waals surface area contributed by atoms with Crippen molar-refractivity contribution in [3.63, 3.8) is 0 Å². The van der Waals surface area contributed by atoms with E-state index in [9.17, 15) is 0 Å². The molecule has 1 aromatic rings. The SMILES string of the molecule is CCC(C)N1CCN(c2cc(NN)nc(C(C)C)n2)CC1. The average molecular weight is 292 g/mol. The van der Waals surface area contributed by atoms with Crippen molar-refractivity contribution in [1.29, 1.82) is 0 Å². The number of hydrogen-bond donors (Lipinski definition) is 2. The average Bonchev–Trinajstić information content (AvgIpc) is 2.53. The molecule has 0 amide bonds. The maximum absolute atomic E-state index is 5.53. The Labute approximate surface area is 127 Å². The highest BCUT2D eigenvalue weighted by Crippen LogP contribution is 2.21. The predicted octanol–water partition coefficient (Wildman–Crippen LogP) is 1.81. The van der Waals surface area contributed by atoms with Gasteiger partial charge in [0, 0.05) is 44.2 Å². The van der Waals surface area contributed by atoms with Crippen molar-refractivity contribution in [3.8, 4) is 0 Å². The molecule has 1 unspecified atom stereocenters. The first-order chi connectivity index (χ1) is 10.0. The highest BCUT2D eigenvalue weighted by Gasteiger charge is 2.22. The summed E-state index contributed by atoms with van der Waals surface area (Å²) in [4.78, 5) is 14.0. The van der Waals surface area contributed by atoms with Gasteiger partial charge in [0.15, 0.2) is 0 Å². The fourth-order valence-electron chi connectivity index (χ4n) is 2.60. The molecule has 6 nitrogen and oxygen atoms in total. The smallest absolute Gasteiger partial charge is 0.145 e. The van der Waals surface area contributed by atoms with Gasteiger partial charge >= 0.3 is 0 Å². The second-order valence-corrected chi connectivity index (χ2v) is 6.05. The van der Waals surface area contributed by atoms with Crippen LogP contribution in [0, 0.1) is 0 Å². The van der Waals surface area contributed by atoms with Crippen molar-refractivity contribution in [2.24, 2.45) is 5.84 Å². The first kappa shape index (κ1) is 16.0. The van der Waals surface area contributed by atoms with Gasteiger partial charge in [-0.2, -0.15) is 0 Å². The highest BCUT2D eigenvalue weighted by molar-refractivity contribution is 5.49. The molecular formula is C15H28N6. The van der Waals surface area contributed by atoms with Crippen LogP contribution in [0.25, 0.3) is 0 Å². The van der Waals surface area contributed by atoms with E-state index in [0.717, 1.165) is 37.8 Å². The van der Waals surface area contributed by atoms with Gasteiger partial charge in [0.25, 0.3) is 0 Å². The number of nitrogens with two attached hydrogens (primary N) is 1. The van der Waals surface area contributed by atoms with Crippen molar-refractivity contribution in [2.45, 2.75) is 46.1 Å². The van der Waals surface area contributed by atoms with E-state index in [0.29, 0.717) is 17.8 Å². The minimum absolute atomic E-state index is 0.290. The van der Waals surface area contributed by atoms with Crippen LogP contribution in [-0.4, -0.2) is 47.1 Å². The summed E-state index contributed by atoms with van der Waals surface area (Å²) in [6.07, 6.45) is 1.20. The fraction of sp³-hybridized carbons (Fsp3) is 0.733. The Morgan fingerprint density at radius 1 is 1.19 bits per heavy atom. The zero-order valence-corrected chi connectivity index (χ0v) is 13.6. The van der Waals surface area contributed by atoms with Crippen LogP contribution < -0.4 is 16.2 Å². The Balaban J connectivity index is 2.10. The molecule has 1 aliphatic rings. The third kappa shape index (κ3) is 3.83. The van der Waals surface area contributed by atoms with Crippen LogP contribution in [0.1, 0.15) is 45.9 Å². The summed E-state index contributed by atoms with van der Waals surface area (Å²) in [7, 11) is 0. The number of hydrazine groups is 1. The molecule has 0 aliphatic carbocycles. The van der Waals surface area contributed by atoms with Gasteiger partial charge in [-0.15, -0.1) is 0 Å². The Morgan fingerprint density at radius 3 is 2.38 bits per heavy atom. The largest absolute Gasteiger partial charge is 0.354 e. The molecule has 1 atom stereocenters. The van der Waals surface area contributed by atoms with Gasteiger partial charge in [0.2, 0.25) is 0 Å². The number of rotatable bonds is 5. The van der Waals surface area contributed by atoms with Gasteiger partial charge in [0.05, 0.1) is 0 Å². The van der Waals surface area contributed by atoms with Gasteiger partial charge in [-0.05, 0) is 13.3 Å². The van der Waals surface area contributed by atoms with Crippen molar-refractivity contribution in [1.82, 2.24) is 14.9 Å². The summed E-state index contributed by atoms with van der Waals surface area (Å²) < 4.78 is 0. The van der Waals surface area contributed by atoms with Crippen LogP contribution in [0.4, 0.5) is 11.6 Å². The molecule has 0 saturated carbocycles. The summed E-state index contributed by atoms with van der Waals surface area (Å²) in [6, 6.07) is 2.59. The van der Waals surface area contributed by atoms with E-state index in [1.54, 1.807) is 0 Å². The van der Waals surface area contributed by atoms with Crippen LogP contribution in [-0.2, 0) is 0 Å². The molecule has 0 spiro atoms. The lowest BCUT2D eigenvalue weighted by atomic mass is 10.2. The quantitative estimate of drug-likeness (QED) is 0.637. The third-order valence-electron chi connectivity index (χ3n) is 4.25. The first-order valence-electron chi connectivity index (χ1n) is 7.89. The molecule has 118 valence electrons. The molecular weight excluding hydrogens is 264 g/mol. The van der Waals surface area contributed by atoms with Crippen molar-refractivity contribution >= 4 is 11.6 Å². The molecule has 6 heteroatoms. The second kappa shape index (κ2) is 7.04. The van der Waals surface area contributed by atoms with Crippen LogP contribution in [0.3, 0.4) is 0 Å². The lowest BCUT2D eigenvalue weighted by Crippen LogP contribution is -2.49. The van der Waals surface area contributed by atoms with Gasteiger partial charge < -0.3 is 10.3 Å². The molecule has 1 fully saturated rings. The maximum atomic E-state index is 5.53. The molecule has 2 heterocycles. The van der Waals surface area contributed by atoms with Gasteiger partial charge in [-0.3, -0.25) is 4.90 Å². The molecule has 2 rings (SSSR count). The molecule has 21 heavy (non-hydrogen) atoms. The molecule has 0 bridgehead atoms.